The first-order valence-electron chi connectivity index (χ1n) is 17.1. The highest BCUT2D eigenvalue weighted by Gasteiger charge is 2.72. The van der Waals surface area contributed by atoms with Gasteiger partial charge in [0.05, 0.1) is 43.2 Å². The van der Waals surface area contributed by atoms with Gasteiger partial charge in [-0.05, 0) is 73.5 Å². The molecule has 11 heteroatoms. The van der Waals surface area contributed by atoms with Gasteiger partial charge in [0.25, 0.3) is 0 Å². The van der Waals surface area contributed by atoms with Crippen molar-refractivity contribution < 1.29 is 54.7 Å². The summed E-state index contributed by atoms with van der Waals surface area (Å²) in [5.41, 5.74) is -2.29. The lowest BCUT2D eigenvalue weighted by atomic mass is 9.42. The van der Waals surface area contributed by atoms with Gasteiger partial charge < -0.3 is 54.7 Å². The van der Waals surface area contributed by atoms with Crippen LogP contribution in [0, 0.1) is 46.3 Å². The molecule has 11 nitrogen and oxygen atoms in total. The number of rotatable bonds is 3. The third kappa shape index (κ3) is 4.34. The van der Waals surface area contributed by atoms with E-state index < -0.39 is 72.4 Å². The second-order valence-electron chi connectivity index (χ2n) is 16.3. The monoisotopic (exact) mass is 626 g/mol. The van der Waals surface area contributed by atoms with Crippen molar-refractivity contribution in [2.24, 2.45) is 46.3 Å². The van der Waals surface area contributed by atoms with Crippen molar-refractivity contribution >= 4 is 0 Å². The lowest BCUT2D eigenvalue weighted by molar-refractivity contribution is -0.340. The number of hydrogen-bond acceptors (Lipinski definition) is 11. The van der Waals surface area contributed by atoms with Gasteiger partial charge in [-0.2, -0.15) is 0 Å². The number of aliphatic hydroxyl groups excluding tert-OH is 6. The molecule has 0 unspecified atom stereocenters. The van der Waals surface area contributed by atoms with Gasteiger partial charge in [0.15, 0.2) is 12.1 Å². The molecule has 4 aliphatic carbocycles. The molecule has 0 aromatic heterocycles. The van der Waals surface area contributed by atoms with Gasteiger partial charge in [-0.1, -0.05) is 27.7 Å². The molecule has 0 bridgehead atoms. The van der Waals surface area contributed by atoms with E-state index in [0.29, 0.717) is 24.2 Å². The summed E-state index contributed by atoms with van der Waals surface area (Å²) in [6.07, 6.45) is -4.87. The van der Waals surface area contributed by atoms with Crippen LogP contribution in [0.2, 0.25) is 0 Å². The van der Waals surface area contributed by atoms with Crippen LogP contribution in [-0.4, -0.2) is 115 Å². The molecule has 7 fully saturated rings. The molecule has 7 N–H and O–H groups in total. The molecule has 3 saturated heterocycles. The summed E-state index contributed by atoms with van der Waals surface area (Å²) in [5, 5.41) is 76.0. The molecule has 7 aliphatic rings. The van der Waals surface area contributed by atoms with E-state index in [0.717, 1.165) is 38.7 Å². The lowest BCUT2D eigenvalue weighted by Gasteiger charge is -2.66. The number of ether oxygens (including phenoxy) is 4. The largest absolute Gasteiger partial charge is 0.394 e. The van der Waals surface area contributed by atoms with Gasteiger partial charge in [-0.3, -0.25) is 0 Å². The summed E-state index contributed by atoms with van der Waals surface area (Å²) in [5.74, 6) is 1.31. The maximum Gasteiger partial charge on any atom is 0.187 e. The van der Waals surface area contributed by atoms with Gasteiger partial charge in [-0.15, -0.1) is 0 Å². The highest BCUT2D eigenvalue weighted by molar-refractivity contribution is 5.20. The van der Waals surface area contributed by atoms with Crippen LogP contribution in [0.1, 0.15) is 79.1 Å². The highest BCUT2D eigenvalue weighted by atomic mass is 16.7. The molecule has 44 heavy (non-hydrogen) atoms. The quantitative estimate of drug-likeness (QED) is 0.219. The van der Waals surface area contributed by atoms with Gasteiger partial charge in [0.2, 0.25) is 0 Å². The average Bonchev–Trinajstić information content (AvgIpc) is 3.42. The zero-order chi connectivity index (χ0) is 31.6. The molecular weight excluding hydrogens is 572 g/mol. The SMILES string of the molecule is C[C@@H]1CC[C@@]2(OC1)O[C@H]1C[C@H]3[C@@H]4C[C@@H](O)[C@@]5(O)C[C@@H](O[C@@H]6O[C@H](CO)[C@@H](O)[C@H](O)[C@H]6O)[C@H](O)C[C@]5(C)[C@H]4CC[C@]3(C)[C@H]1[C@@H]2C. The molecule has 1 spiro atoms. The summed E-state index contributed by atoms with van der Waals surface area (Å²) in [7, 11) is 0. The Bertz CT molecular complexity index is 1080. The van der Waals surface area contributed by atoms with Crippen molar-refractivity contribution in [2.45, 2.75) is 146 Å². The Labute approximate surface area is 259 Å². The van der Waals surface area contributed by atoms with Gasteiger partial charge in [0.1, 0.15) is 24.4 Å². The van der Waals surface area contributed by atoms with Crippen LogP contribution in [0.25, 0.3) is 0 Å². The van der Waals surface area contributed by atoms with E-state index in [9.17, 15) is 35.7 Å². The maximum atomic E-state index is 12.3. The lowest BCUT2D eigenvalue weighted by Crippen LogP contribution is -2.71. The van der Waals surface area contributed by atoms with Gasteiger partial charge in [-0.25, -0.2) is 0 Å². The highest BCUT2D eigenvalue weighted by Crippen LogP contribution is 2.72. The first-order valence-corrected chi connectivity index (χ1v) is 17.1. The van der Waals surface area contributed by atoms with E-state index in [1.165, 1.54) is 0 Å². The predicted octanol–water partition coefficient (Wildman–Crippen LogP) is 0.675. The molecule has 19 atom stereocenters. The Morgan fingerprint density at radius 3 is 2.32 bits per heavy atom. The molecule has 7 rings (SSSR count). The number of aliphatic hydroxyl groups is 7. The second kappa shape index (κ2) is 10.8. The Morgan fingerprint density at radius 1 is 0.886 bits per heavy atom. The van der Waals surface area contributed by atoms with E-state index in [2.05, 4.69) is 20.8 Å². The van der Waals surface area contributed by atoms with Crippen molar-refractivity contribution in [1.82, 2.24) is 0 Å². The minimum atomic E-state index is -1.62. The molecule has 0 aromatic carbocycles. The zero-order valence-corrected chi connectivity index (χ0v) is 26.5. The van der Waals surface area contributed by atoms with Crippen LogP contribution in [0.3, 0.4) is 0 Å². The predicted molar refractivity (Wildman–Crippen MR) is 155 cm³/mol. The van der Waals surface area contributed by atoms with Crippen molar-refractivity contribution in [3.63, 3.8) is 0 Å². The van der Waals surface area contributed by atoms with Crippen LogP contribution < -0.4 is 0 Å². The average molecular weight is 627 g/mol. The van der Waals surface area contributed by atoms with Crippen molar-refractivity contribution in [1.29, 1.82) is 0 Å². The summed E-state index contributed by atoms with van der Waals surface area (Å²) in [6, 6.07) is 0. The van der Waals surface area contributed by atoms with Gasteiger partial charge in [0, 0.05) is 24.2 Å². The third-order valence-electron chi connectivity index (χ3n) is 14.3. The molecule has 0 amide bonds. The van der Waals surface area contributed by atoms with Gasteiger partial charge >= 0.3 is 0 Å². The Hall–Kier alpha value is -0.440. The van der Waals surface area contributed by atoms with E-state index >= 15 is 0 Å². The minimum Gasteiger partial charge on any atom is -0.394 e. The van der Waals surface area contributed by atoms with Crippen molar-refractivity contribution in [3.8, 4) is 0 Å². The van der Waals surface area contributed by atoms with E-state index in [1.54, 1.807) is 0 Å². The molecule has 3 heterocycles. The molecular formula is C33H54O11. The standard InChI is InChI=1S/C33H54O11/c1-15-5-8-33(41-14-15)16(2)25-21(44-33)10-19-17-9-24(36)32(40)12-22(42-29-28(39)27(38)26(37)23(13-34)43-29)20(35)11-31(32,4)18(17)6-7-30(19,25)3/h15-29,34-40H,5-14H2,1-4H3/t15-,16+,17-,18+,19+,20-,21+,22-,23-,24-,25+,26-,27+,28-,29-,30+,31-,32+,33-/m1/s1. The number of hydrogen-bond donors (Lipinski definition) is 7. The first-order chi connectivity index (χ1) is 20.7. The second-order valence-corrected chi connectivity index (χ2v) is 16.3. The normalized spacial score (nSPS) is 62.1. The molecule has 4 saturated carbocycles. The summed E-state index contributed by atoms with van der Waals surface area (Å²) in [6.45, 7) is 9.10. The van der Waals surface area contributed by atoms with E-state index in [-0.39, 0.29) is 42.1 Å². The van der Waals surface area contributed by atoms with Crippen molar-refractivity contribution in [2.75, 3.05) is 13.2 Å². The fraction of sp³-hybridized carbons (Fsp3) is 1.00. The van der Waals surface area contributed by atoms with E-state index in [1.807, 2.05) is 6.92 Å². The Morgan fingerprint density at radius 2 is 1.64 bits per heavy atom. The first kappa shape index (κ1) is 32.1. The van der Waals surface area contributed by atoms with Crippen LogP contribution >= 0.6 is 0 Å². The van der Waals surface area contributed by atoms with Crippen LogP contribution in [0.4, 0.5) is 0 Å². The van der Waals surface area contributed by atoms with Crippen LogP contribution in [0.15, 0.2) is 0 Å². The zero-order valence-electron chi connectivity index (χ0n) is 26.5. The van der Waals surface area contributed by atoms with Crippen LogP contribution in [-0.2, 0) is 18.9 Å². The maximum absolute atomic E-state index is 12.3. The third-order valence-corrected chi connectivity index (χ3v) is 14.3. The molecule has 252 valence electrons. The van der Waals surface area contributed by atoms with Crippen molar-refractivity contribution in [3.05, 3.63) is 0 Å². The Kier molecular flexibility index (Phi) is 7.87. The molecule has 0 aromatic rings. The minimum absolute atomic E-state index is 0.0365. The summed E-state index contributed by atoms with van der Waals surface area (Å²) >= 11 is 0. The fourth-order valence-corrected chi connectivity index (χ4v) is 11.8. The summed E-state index contributed by atoms with van der Waals surface area (Å²) < 4.78 is 24.8. The summed E-state index contributed by atoms with van der Waals surface area (Å²) in [4.78, 5) is 0. The Balaban J connectivity index is 1.10. The van der Waals surface area contributed by atoms with E-state index in [4.69, 9.17) is 18.9 Å². The molecule has 3 aliphatic heterocycles. The fourth-order valence-electron chi connectivity index (χ4n) is 11.8. The topological polar surface area (TPSA) is 179 Å². The van der Waals surface area contributed by atoms with Crippen LogP contribution in [0.5, 0.6) is 0 Å². The smallest absolute Gasteiger partial charge is 0.187 e. The molecule has 0 radical (unpaired) electrons. The number of fused-ring (bicyclic) bond motifs is 7.